The van der Waals surface area contributed by atoms with Gasteiger partial charge in [0.1, 0.15) is 0 Å². The Balaban J connectivity index is 1.96. The monoisotopic (exact) mass is 283 g/mol. The highest BCUT2D eigenvalue weighted by atomic mass is 35.5. The zero-order valence-corrected chi connectivity index (χ0v) is 11.7. The largest absolute Gasteiger partial charge is 0.481 e. The van der Waals surface area contributed by atoms with Crippen LogP contribution in [0, 0.1) is 6.92 Å². The predicted molar refractivity (Wildman–Crippen MR) is 73.5 cm³/mol. The molecule has 1 heterocycles. The zero-order chi connectivity index (χ0) is 13.8. The van der Waals surface area contributed by atoms with Crippen LogP contribution in [0.2, 0.25) is 5.02 Å². The van der Waals surface area contributed by atoms with Crippen molar-refractivity contribution in [2.24, 2.45) is 0 Å². The first kappa shape index (κ1) is 14.3. The lowest BCUT2D eigenvalue weighted by molar-refractivity contribution is -0.142. The minimum absolute atomic E-state index is 0.0537. The SMILES string of the molecule is Cc1ccc(CN2CCOC(CC(=O)O)C2)c(Cl)c1. The number of ether oxygens (including phenoxy) is 1. The second kappa shape index (κ2) is 6.37. The molecule has 5 heteroatoms. The molecule has 0 aliphatic carbocycles. The van der Waals surface area contributed by atoms with Gasteiger partial charge in [-0.25, -0.2) is 0 Å². The Morgan fingerprint density at radius 3 is 3.05 bits per heavy atom. The molecule has 1 saturated heterocycles. The molecule has 0 radical (unpaired) electrons. The van der Waals surface area contributed by atoms with Gasteiger partial charge in [0, 0.05) is 24.7 Å². The highest BCUT2D eigenvalue weighted by Crippen LogP contribution is 2.20. The molecule has 104 valence electrons. The van der Waals surface area contributed by atoms with Gasteiger partial charge in [-0.15, -0.1) is 0 Å². The molecule has 0 bridgehead atoms. The van der Waals surface area contributed by atoms with Gasteiger partial charge in [-0.2, -0.15) is 0 Å². The summed E-state index contributed by atoms with van der Waals surface area (Å²) in [5.74, 6) is -0.819. The summed E-state index contributed by atoms with van der Waals surface area (Å²) < 4.78 is 5.45. The Bertz CT molecular complexity index is 464. The minimum atomic E-state index is -0.819. The van der Waals surface area contributed by atoms with Crippen molar-refractivity contribution in [2.75, 3.05) is 19.7 Å². The zero-order valence-electron chi connectivity index (χ0n) is 10.9. The maximum atomic E-state index is 10.7. The third-order valence-corrected chi connectivity index (χ3v) is 3.58. The van der Waals surface area contributed by atoms with Gasteiger partial charge in [0.2, 0.25) is 0 Å². The number of nitrogens with zero attached hydrogens (tertiary/aromatic N) is 1. The molecular formula is C14H18ClNO3. The number of rotatable bonds is 4. The topological polar surface area (TPSA) is 49.8 Å². The van der Waals surface area contributed by atoms with Crippen molar-refractivity contribution in [3.63, 3.8) is 0 Å². The minimum Gasteiger partial charge on any atom is -0.481 e. The van der Waals surface area contributed by atoms with Gasteiger partial charge in [0.25, 0.3) is 0 Å². The van der Waals surface area contributed by atoms with Crippen molar-refractivity contribution in [3.05, 3.63) is 34.3 Å². The van der Waals surface area contributed by atoms with Gasteiger partial charge in [-0.05, 0) is 24.1 Å². The molecule has 0 saturated carbocycles. The standard InChI is InChI=1S/C14H18ClNO3/c1-10-2-3-11(13(15)6-10)8-16-4-5-19-12(9-16)7-14(17)18/h2-3,6,12H,4-5,7-9H2,1H3,(H,17,18). The summed E-state index contributed by atoms with van der Waals surface area (Å²) in [6.07, 6.45) is -0.173. The summed E-state index contributed by atoms with van der Waals surface area (Å²) in [4.78, 5) is 12.9. The van der Waals surface area contributed by atoms with Crippen molar-refractivity contribution >= 4 is 17.6 Å². The number of benzene rings is 1. The van der Waals surface area contributed by atoms with E-state index in [9.17, 15) is 4.79 Å². The molecular weight excluding hydrogens is 266 g/mol. The van der Waals surface area contributed by atoms with E-state index in [1.54, 1.807) is 0 Å². The maximum absolute atomic E-state index is 10.7. The van der Waals surface area contributed by atoms with Gasteiger partial charge < -0.3 is 9.84 Å². The Morgan fingerprint density at radius 2 is 2.37 bits per heavy atom. The number of halogens is 1. The first-order valence-corrected chi connectivity index (χ1v) is 6.73. The van der Waals surface area contributed by atoms with E-state index in [4.69, 9.17) is 21.4 Å². The van der Waals surface area contributed by atoms with E-state index in [0.29, 0.717) is 13.2 Å². The van der Waals surface area contributed by atoms with Crippen LogP contribution in [0.5, 0.6) is 0 Å². The van der Waals surface area contributed by atoms with E-state index in [0.717, 1.165) is 29.2 Å². The quantitative estimate of drug-likeness (QED) is 0.921. The van der Waals surface area contributed by atoms with Crippen molar-refractivity contribution in [1.82, 2.24) is 4.90 Å². The number of carbonyl (C=O) groups is 1. The average Bonchev–Trinajstić information content (AvgIpc) is 2.32. The molecule has 1 aromatic rings. The molecule has 4 nitrogen and oxygen atoms in total. The number of hydrogen-bond acceptors (Lipinski definition) is 3. The van der Waals surface area contributed by atoms with E-state index < -0.39 is 5.97 Å². The third-order valence-electron chi connectivity index (χ3n) is 3.23. The first-order chi connectivity index (χ1) is 9.04. The molecule has 0 aromatic heterocycles. The second-order valence-electron chi connectivity index (χ2n) is 4.92. The molecule has 1 aliphatic rings. The maximum Gasteiger partial charge on any atom is 0.306 e. The lowest BCUT2D eigenvalue weighted by Crippen LogP contribution is -2.42. The fourth-order valence-electron chi connectivity index (χ4n) is 2.26. The molecule has 0 amide bonds. The summed E-state index contributed by atoms with van der Waals surface area (Å²) in [6, 6.07) is 6.02. The third kappa shape index (κ3) is 4.20. The molecule has 1 unspecified atom stereocenters. The normalized spacial score (nSPS) is 20.4. The molecule has 2 rings (SSSR count). The van der Waals surface area contributed by atoms with Crippen molar-refractivity contribution < 1.29 is 14.6 Å². The Labute approximate surface area is 117 Å². The fourth-order valence-corrected chi connectivity index (χ4v) is 2.56. The number of morpholine rings is 1. The molecule has 0 spiro atoms. The summed E-state index contributed by atoms with van der Waals surface area (Å²) in [5, 5.41) is 9.56. The summed E-state index contributed by atoms with van der Waals surface area (Å²) in [7, 11) is 0. The van der Waals surface area contributed by atoms with Crippen LogP contribution in [0.3, 0.4) is 0 Å². The Morgan fingerprint density at radius 1 is 1.58 bits per heavy atom. The smallest absolute Gasteiger partial charge is 0.306 e. The first-order valence-electron chi connectivity index (χ1n) is 6.35. The number of aryl methyl sites for hydroxylation is 1. The van der Waals surface area contributed by atoms with Crippen LogP contribution >= 0.6 is 11.6 Å². The molecule has 1 fully saturated rings. The molecule has 1 atom stereocenters. The Kier molecular flexibility index (Phi) is 4.80. The molecule has 19 heavy (non-hydrogen) atoms. The van der Waals surface area contributed by atoms with E-state index >= 15 is 0 Å². The van der Waals surface area contributed by atoms with Crippen molar-refractivity contribution in [3.8, 4) is 0 Å². The van der Waals surface area contributed by atoms with Crippen LogP contribution in [0.4, 0.5) is 0 Å². The van der Waals surface area contributed by atoms with E-state index in [2.05, 4.69) is 4.90 Å². The number of aliphatic carboxylic acids is 1. The van der Waals surface area contributed by atoms with Crippen LogP contribution in [0.1, 0.15) is 17.5 Å². The number of carboxylic acids is 1. The Hall–Kier alpha value is -1.10. The van der Waals surface area contributed by atoms with Gasteiger partial charge in [0.15, 0.2) is 0 Å². The summed E-state index contributed by atoms with van der Waals surface area (Å²) in [5.41, 5.74) is 2.21. The molecule has 1 aromatic carbocycles. The average molecular weight is 284 g/mol. The van der Waals surface area contributed by atoms with Crippen LogP contribution < -0.4 is 0 Å². The van der Waals surface area contributed by atoms with Crippen LogP contribution in [0.25, 0.3) is 0 Å². The van der Waals surface area contributed by atoms with Gasteiger partial charge >= 0.3 is 5.97 Å². The van der Waals surface area contributed by atoms with E-state index in [1.807, 2.05) is 25.1 Å². The summed E-state index contributed by atoms with van der Waals surface area (Å²) >= 11 is 6.22. The highest BCUT2D eigenvalue weighted by Gasteiger charge is 2.23. The highest BCUT2D eigenvalue weighted by molar-refractivity contribution is 6.31. The van der Waals surface area contributed by atoms with E-state index in [1.165, 1.54) is 0 Å². The van der Waals surface area contributed by atoms with Crippen LogP contribution in [-0.4, -0.2) is 41.8 Å². The lowest BCUT2D eigenvalue weighted by Gasteiger charge is -2.32. The van der Waals surface area contributed by atoms with Gasteiger partial charge in [0.05, 0.1) is 19.1 Å². The van der Waals surface area contributed by atoms with Gasteiger partial charge in [-0.3, -0.25) is 9.69 Å². The van der Waals surface area contributed by atoms with Crippen molar-refractivity contribution in [1.29, 1.82) is 0 Å². The summed E-state index contributed by atoms with van der Waals surface area (Å²) in [6.45, 7) is 4.75. The number of hydrogen-bond donors (Lipinski definition) is 1. The van der Waals surface area contributed by atoms with Crippen molar-refractivity contribution in [2.45, 2.75) is 26.0 Å². The van der Waals surface area contributed by atoms with E-state index in [-0.39, 0.29) is 12.5 Å². The van der Waals surface area contributed by atoms with Crippen LogP contribution in [0.15, 0.2) is 18.2 Å². The lowest BCUT2D eigenvalue weighted by atomic mass is 10.1. The molecule has 1 aliphatic heterocycles. The predicted octanol–water partition coefficient (Wildman–Crippen LogP) is 2.32. The van der Waals surface area contributed by atoms with Crippen LogP contribution in [-0.2, 0) is 16.1 Å². The molecule has 1 N–H and O–H groups in total. The fraction of sp³-hybridized carbons (Fsp3) is 0.500. The number of carboxylic acid groups (broad SMARTS) is 1. The van der Waals surface area contributed by atoms with Gasteiger partial charge in [-0.1, -0.05) is 23.7 Å². The second-order valence-corrected chi connectivity index (χ2v) is 5.33.